The lowest BCUT2D eigenvalue weighted by Gasteiger charge is -2.22. The Balaban J connectivity index is 4.20. The quantitative estimate of drug-likeness (QED) is 0.506. The molecular formula is C15H30S. The van der Waals surface area contributed by atoms with Crippen molar-refractivity contribution in [3.63, 3.8) is 0 Å². The van der Waals surface area contributed by atoms with E-state index in [9.17, 15) is 0 Å². The summed E-state index contributed by atoms with van der Waals surface area (Å²) in [5.41, 5.74) is 0. The van der Waals surface area contributed by atoms with Crippen LogP contribution >= 0.6 is 12.2 Å². The molecule has 0 heterocycles. The fraction of sp³-hybridized carbons (Fsp3) is 0.933. The smallest absolute Gasteiger partial charge is 0.00403 e. The van der Waals surface area contributed by atoms with Crippen LogP contribution in [0, 0.1) is 23.7 Å². The summed E-state index contributed by atoms with van der Waals surface area (Å²) in [4.78, 5) is 1.33. The predicted octanol–water partition coefficient (Wildman–Crippen LogP) is 5.50. The average Bonchev–Trinajstić information content (AvgIpc) is 2.11. The molecule has 0 aromatic heterocycles. The van der Waals surface area contributed by atoms with E-state index >= 15 is 0 Å². The molecule has 0 unspecified atom stereocenters. The van der Waals surface area contributed by atoms with Gasteiger partial charge in [-0.2, -0.15) is 0 Å². The first kappa shape index (κ1) is 16.1. The zero-order valence-corrected chi connectivity index (χ0v) is 12.9. The number of rotatable bonds is 8. The molecule has 0 rings (SSSR count). The Hall–Kier alpha value is 0.0900. The van der Waals surface area contributed by atoms with Crippen LogP contribution in [0.25, 0.3) is 0 Å². The minimum absolute atomic E-state index is 0.675. The van der Waals surface area contributed by atoms with Crippen LogP contribution in [-0.2, 0) is 0 Å². The van der Waals surface area contributed by atoms with Gasteiger partial charge in [0.05, 0.1) is 0 Å². The van der Waals surface area contributed by atoms with Gasteiger partial charge in [-0.1, -0.05) is 53.8 Å². The highest BCUT2D eigenvalue weighted by molar-refractivity contribution is 7.80. The standard InChI is InChI=1S/C15H30S/c1-11(2)7-8-15(16)14(9-12(3)4)10-13(5)6/h11-14H,7-10H2,1-6H3. The zero-order valence-electron chi connectivity index (χ0n) is 12.0. The second-order valence-corrected chi connectivity index (χ2v) is 6.88. The fourth-order valence-electron chi connectivity index (χ4n) is 2.13. The van der Waals surface area contributed by atoms with Crippen LogP contribution in [0.5, 0.6) is 0 Å². The van der Waals surface area contributed by atoms with Crippen molar-refractivity contribution < 1.29 is 0 Å². The normalized spacial score (nSPS) is 12.1. The van der Waals surface area contributed by atoms with E-state index in [1.54, 1.807) is 0 Å². The third kappa shape index (κ3) is 8.27. The van der Waals surface area contributed by atoms with Crippen molar-refractivity contribution in [1.29, 1.82) is 0 Å². The molecule has 0 amide bonds. The summed E-state index contributed by atoms with van der Waals surface area (Å²) in [5, 5.41) is 0. The number of hydrogen-bond acceptors (Lipinski definition) is 1. The molecule has 0 spiro atoms. The van der Waals surface area contributed by atoms with Crippen LogP contribution in [0.4, 0.5) is 0 Å². The van der Waals surface area contributed by atoms with Crippen molar-refractivity contribution in [3.05, 3.63) is 0 Å². The van der Waals surface area contributed by atoms with Crippen molar-refractivity contribution in [3.8, 4) is 0 Å². The summed E-state index contributed by atoms with van der Waals surface area (Å²) < 4.78 is 0. The molecule has 16 heavy (non-hydrogen) atoms. The first-order valence-corrected chi connectivity index (χ1v) is 7.26. The Bertz CT molecular complexity index is 182. The van der Waals surface area contributed by atoms with E-state index in [4.69, 9.17) is 12.2 Å². The van der Waals surface area contributed by atoms with Gasteiger partial charge < -0.3 is 0 Å². The van der Waals surface area contributed by atoms with E-state index in [0.717, 1.165) is 24.2 Å². The van der Waals surface area contributed by atoms with Crippen LogP contribution in [0.15, 0.2) is 0 Å². The van der Waals surface area contributed by atoms with E-state index < -0.39 is 0 Å². The molecule has 0 saturated heterocycles. The Labute approximate surface area is 108 Å². The van der Waals surface area contributed by atoms with E-state index in [-0.39, 0.29) is 0 Å². The monoisotopic (exact) mass is 242 g/mol. The summed E-state index contributed by atoms with van der Waals surface area (Å²) in [6.07, 6.45) is 4.95. The van der Waals surface area contributed by atoms with Crippen LogP contribution < -0.4 is 0 Å². The summed E-state index contributed by atoms with van der Waals surface area (Å²) in [5.74, 6) is 2.98. The van der Waals surface area contributed by atoms with Gasteiger partial charge in [-0.15, -0.1) is 0 Å². The summed E-state index contributed by atoms with van der Waals surface area (Å²) in [6, 6.07) is 0. The minimum atomic E-state index is 0.675. The first-order chi connectivity index (χ1) is 7.32. The third-order valence-corrected chi connectivity index (χ3v) is 3.47. The van der Waals surface area contributed by atoms with E-state index in [2.05, 4.69) is 41.5 Å². The predicted molar refractivity (Wildman–Crippen MR) is 79.1 cm³/mol. The van der Waals surface area contributed by atoms with E-state index in [1.807, 2.05) is 0 Å². The zero-order chi connectivity index (χ0) is 12.7. The highest BCUT2D eigenvalue weighted by Gasteiger charge is 2.17. The van der Waals surface area contributed by atoms with Crippen LogP contribution in [0.3, 0.4) is 0 Å². The second kappa shape index (κ2) is 8.22. The van der Waals surface area contributed by atoms with Gasteiger partial charge in [0.1, 0.15) is 0 Å². The van der Waals surface area contributed by atoms with Gasteiger partial charge in [-0.05, 0) is 54.2 Å². The molecule has 0 atom stereocenters. The summed E-state index contributed by atoms with van der Waals surface area (Å²) >= 11 is 5.63. The van der Waals surface area contributed by atoms with Gasteiger partial charge in [0.2, 0.25) is 0 Å². The molecule has 0 nitrogen and oxygen atoms in total. The molecule has 0 fully saturated rings. The molecular weight excluding hydrogens is 212 g/mol. The van der Waals surface area contributed by atoms with Gasteiger partial charge >= 0.3 is 0 Å². The lowest BCUT2D eigenvalue weighted by molar-refractivity contribution is 0.416. The molecule has 0 aliphatic carbocycles. The van der Waals surface area contributed by atoms with Crippen LogP contribution in [0.2, 0.25) is 0 Å². The SMILES string of the molecule is CC(C)CCC(=S)C(CC(C)C)CC(C)C. The Morgan fingerprint density at radius 3 is 1.56 bits per heavy atom. The maximum absolute atomic E-state index is 5.63. The van der Waals surface area contributed by atoms with Crippen molar-refractivity contribution in [2.45, 2.75) is 67.2 Å². The Morgan fingerprint density at radius 1 is 0.812 bits per heavy atom. The molecule has 0 aliphatic heterocycles. The molecule has 1 heteroatoms. The van der Waals surface area contributed by atoms with E-state index in [1.165, 1.54) is 24.1 Å². The minimum Gasteiger partial charge on any atom is -0.0894 e. The van der Waals surface area contributed by atoms with Gasteiger partial charge in [0.25, 0.3) is 0 Å². The van der Waals surface area contributed by atoms with Crippen molar-refractivity contribution in [1.82, 2.24) is 0 Å². The molecule has 0 saturated carbocycles. The molecule has 0 aromatic carbocycles. The molecule has 0 aliphatic rings. The first-order valence-electron chi connectivity index (χ1n) is 6.85. The highest BCUT2D eigenvalue weighted by Crippen LogP contribution is 2.24. The maximum Gasteiger partial charge on any atom is -0.00403 e. The Morgan fingerprint density at radius 2 is 1.25 bits per heavy atom. The Kier molecular flexibility index (Phi) is 8.27. The maximum atomic E-state index is 5.63. The van der Waals surface area contributed by atoms with Crippen LogP contribution in [-0.4, -0.2) is 4.86 Å². The van der Waals surface area contributed by atoms with E-state index in [0.29, 0.717) is 5.92 Å². The van der Waals surface area contributed by atoms with Crippen molar-refractivity contribution in [2.24, 2.45) is 23.7 Å². The van der Waals surface area contributed by atoms with Gasteiger partial charge in [-0.3, -0.25) is 0 Å². The summed E-state index contributed by atoms with van der Waals surface area (Å²) in [7, 11) is 0. The number of hydrogen-bond donors (Lipinski definition) is 0. The van der Waals surface area contributed by atoms with Gasteiger partial charge in [0, 0.05) is 0 Å². The molecule has 96 valence electrons. The average molecular weight is 242 g/mol. The lowest BCUT2D eigenvalue weighted by atomic mass is 9.85. The largest absolute Gasteiger partial charge is 0.0894 e. The third-order valence-electron chi connectivity index (χ3n) is 2.94. The highest BCUT2D eigenvalue weighted by atomic mass is 32.1. The topological polar surface area (TPSA) is 0 Å². The number of thiocarbonyl (C=S) groups is 1. The molecule has 0 radical (unpaired) electrons. The fourth-order valence-corrected chi connectivity index (χ4v) is 2.44. The second-order valence-electron chi connectivity index (χ2n) is 6.35. The lowest BCUT2D eigenvalue weighted by Crippen LogP contribution is -2.17. The van der Waals surface area contributed by atoms with Gasteiger partial charge in [-0.25, -0.2) is 0 Å². The molecule has 0 N–H and O–H groups in total. The van der Waals surface area contributed by atoms with Crippen LogP contribution in [0.1, 0.15) is 67.2 Å². The van der Waals surface area contributed by atoms with Gasteiger partial charge in [0.15, 0.2) is 0 Å². The summed E-state index contributed by atoms with van der Waals surface area (Å²) in [6.45, 7) is 13.8. The molecule has 0 bridgehead atoms. The molecule has 0 aromatic rings. The van der Waals surface area contributed by atoms with Crippen molar-refractivity contribution >= 4 is 17.1 Å². The van der Waals surface area contributed by atoms with Crippen molar-refractivity contribution in [2.75, 3.05) is 0 Å².